The largest absolute Gasteiger partial charge is 0.462 e. The van der Waals surface area contributed by atoms with Crippen molar-refractivity contribution in [2.45, 2.75) is 297 Å². The second-order valence-corrected chi connectivity index (χ2v) is 18.1. The van der Waals surface area contributed by atoms with Crippen LogP contribution in [0.3, 0.4) is 0 Å². The second-order valence-electron chi connectivity index (χ2n) is 18.1. The molecular weight excluding hydrogens is 721 g/mol. The summed E-state index contributed by atoms with van der Waals surface area (Å²) in [6, 6.07) is 0. The van der Waals surface area contributed by atoms with Crippen molar-refractivity contribution in [1.29, 1.82) is 0 Å². The number of esters is 3. The molecule has 0 fully saturated rings. The van der Waals surface area contributed by atoms with Crippen LogP contribution in [0.15, 0.2) is 0 Å². The highest BCUT2D eigenvalue weighted by Crippen LogP contribution is 2.18. The summed E-state index contributed by atoms with van der Waals surface area (Å²) in [5.41, 5.74) is 0. The summed E-state index contributed by atoms with van der Waals surface area (Å²) < 4.78 is 16.8. The van der Waals surface area contributed by atoms with Gasteiger partial charge < -0.3 is 14.2 Å². The van der Waals surface area contributed by atoms with Crippen molar-refractivity contribution in [3.8, 4) is 0 Å². The summed E-state index contributed by atoms with van der Waals surface area (Å²) in [6.07, 6.45) is 47.9. The minimum atomic E-state index is -0.759. The highest BCUT2D eigenvalue weighted by atomic mass is 16.6. The number of hydrogen-bond acceptors (Lipinski definition) is 6. The molecule has 0 aliphatic rings. The van der Waals surface area contributed by atoms with Crippen LogP contribution in [0.5, 0.6) is 0 Å². The molecule has 0 aromatic carbocycles. The zero-order chi connectivity index (χ0) is 42.4. The predicted molar refractivity (Wildman–Crippen MR) is 247 cm³/mol. The Kier molecular flexibility index (Phi) is 45.2. The third-order valence-corrected chi connectivity index (χ3v) is 12.2. The SMILES string of the molecule is CCCCCCCCCCCCCCC(=O)O[C@@H](COC(=O)CCCCCCCCCCCC)COC(=O)CCCCCCCCCCCCCCCCC(C)CC. The van der Waals surface area contributed by atoms with Crippen LogP contribution >= 0.6 is 0 Å². The Morgan fingerprint density at radius 2 is 0.603 bits per heavy atom. The molecule has 6 nitrogen and oxygen atoms in total. The summed E-state index contributed by atoms with van der Waals surface area (Å²) in [6.45, 7) is 9.05. The molecule has 6 heteroatoms. The van der Waals surface area contributed by atoms with Gasteiger partial charge in [0, 0.05) is 19.3 Å². The highest BCUT2D eigenvalue weighted by Gasteiger charge is 2.19. The van der Waals surface area contributed by atoms with Crippen molar-refractivity contribution in [3.05, 3.63) is 0 Å². The van der Waals surface area contributed by atoms with E-state index in [9.17, 15) is 14.4 Å². The van der Waals surface area contributed by atoms with Crippen molar-refractivity contribution in [1.82, 2.24) is 0 Å². The molecule has 0 rings (SSSR count). The second kappa shape index (κ2) is 46.5. The number of rotatable bonds is 47. The third-order valence-electron chi connectivity index (χ3n) is 12.2. The monoisotopic (exact) mass is 821 g/mol. The van der Waals surface area contributed by atoms with Crippen molar-refractivity contribution in [2.24, 2.45) is 5.92 Å². The van der Waals surface area contributed by atoms with E-state index < -0.39 is 6.10 Å². The fourth-order valence-electron chi connectivity index (χ4n) is 7.83. The summed E-state index contributed by atoms with van der Waals surface area (Å²) in [7, 11) is 0. The summed E-state index contributed by atoms with van der Waals surface area (Å²) in [5, 5.41) is 0. The van der Waals surface area contributed by atoms with E-state index in [2.05, 4.69) is 27.7 Å². The average Bonchev–Trinajstić information content (AvgIpc) is 3.22. The van der Waals surface area contributed by atoms with E-state index in [1.54, 1.807) is 0 Å². The van der Waals surface area contributed by atoms with Crippen molar-refractivity contribution >= 4 is 17.9 Å². The molecule has 2 atom stereocenters. The lowest BCUT2D eigenvalue weighted by molar-refractivity contribution is -0.167. The Labute approximate surface area is 361 Å². The van der Waals surface area contributed by atoms with Gasteiger partial charge in [0.15, 0.2) is 6.10 Å². The molecule has 0 saturated heterocycles. The van der Waals surface area contributed by atoms with E-state index >= 15 is 0 Å². The van der Waals surface area contributed by atoms with E-state index in [1.807, 2.05) is 0 Å². The molecule has 0 heterocycles. The summed E-state index contributed by atoms with van der Waals surface area (Å²) in [5.74, 6) is 0.0499. The molecular formula is C52H100O6. The van der Waals surface area contributed by atoms with Crippen molar-refractivity contribution < 1.29 is 28.6 Å². The zero-order valence-electron chi connectivity index (χ0n) is 39.5. The molecule has 0 aromatic rings. The Hall–Kier alpha value is -1.59. The number of unbranched alkanes of at least 4 members (excludes halogenated alkanes) is 33. The van der Waals surface area contributed by atoms with E-state index in [0.717, 1.165) is 63.7 Å². The van der Waals surface area contributed by atoms with Gasteiger partial charge in [-0.2, -0.15) is 0 Å². The fraction of sp³-hybridized carbons (Fsp3) is 0.942. The first-order chi connectivity index (χ1) is 28.4. The van der Waals surface area contributed by atoms with Crippen LogP contribution in [0.2, 0.25) is 0 Å². The zero-order valence-corrected chi connectivity index (χ0v) is 39.5. The van der Waals surface area contributed by atoms with Gasteiger partial charge in [0.05, 0.1) is 0 Å². The third kappa shape index (κ3) is 44.0. The predicted octanol–water partition coefficient (Wildman–Crippen LogP) is 16.7. The van der Waals surface area contributed by atoms with Crippen molar-refractivity contribution in [2.75, 3.05) is 13.2 Å². The van der Waals surface area contributed by atoms with Crippen LogP contribution in [0.4, 0.5) is 0 Å². The van der Waals surface area contributed by atoms with Gasteiger partial charge in [0.1, 0.15) is 13.2 Å². The standard InChI is InChI=1S/C52H100O6/c1-5-8-10-12-14-16-18-24-29-33-37-41-45-52(55)58-49(46-56-50(53)43-39-35-31-27-17-15-13-11-9-6-2)47-57-51(54)44-40-36-32-28-25-22-20-19-21-23-26-30-34-38-42-48(4)7-3/h48-49H,5-47H2,1-4H3/t48?,49-/m0/s1. The van der Waals surface area contributed by atoms with Gasteiger partial charge in [-0.15, -0.1) is 0 Å². The highest BCUT2D eigenvalue weighted by molar-refractivity contribution is 5.71. The lowest BCUT2D eigenvalue weighted by atomic mass is 9.99. The summed E-state index contributed by atoms with van der Waals surface area (Å²) >= 11 is 0. The van der Waals surface area contributed by atoms with Crippen LogP contribution < -0.4 is 0 Å². The van der Waals surface area contributed by atoms with Crippen LogP contribution in [0.25, 0.3) is 0 Å². The van der Waals surface area contributed by atoms with Gasteiger partial charge in [0.2, 0.25) is 0 Å². The lowest BCUT2D eigenvalue weighted by Gasteiger charge is -2.18. The molecule has 58 heavy (non-hydrogen) atoms. The van der Waals surface area contributed by atoms with Gasteiger partial charge in [-0.1, -0.05) is 252 Å². The van der Waals surface area contributed by atoms with Crippen LogP contribution in [-0.4, -0.2) is 37.2 Å². The minimum absolute atomic E-state index is 0.0627. The first-order valence-corrected chi connectivity index (χ1v) is 25.9. The van der Waals surface area contributed by atoms with E-state index in [4.69, 9.17) is 14.2 Å². The molecule has 0 amide bonds. The molecule has 0 spiro atoms. The Balaban J connectivity index is 4.25. The normalized spacial score (nSPS) is 12.4. The number of carbonyl (C=O) groups is 3. The Morgan fingerprint density at radius 3 is 0.897 bits per heavy atom. The molecule has 1 unspecified atom stereocenters. The van der Waals surface area contributed by atoms with Crippen LogP contribution in [0, 0.1) is 5.92 Å². The quantitative estimate of drug-likeness (QED) is 0.0346. The average molecular weight is 821 g/mol. The van der Waals surface area contributed by atoms with Crippen molar-refractivity contribution in [3.63, 3.8) is 0 Å². The molecule has 0 aliphatic carbocycles. The smallest absolute Gasteiger partial charge is 0.306 e. The topological polar surface area (TPSA) is 78.9 Å². The molecule has 0 saturated carbocycles. The number of hydrogen-bond donors (Lipinski definition) is 0. The molecule has 0 aliphatic heterocycles. The maximum atomic E-state index is 12.7. The molecule has 0 aromatic heterocycles. The Morgan fingerprint density at radius 1 is 0.345 bits per heavy atom. The van der Waals surface area contributed by atoms with E-state index in [1.165, 1.54) is 186 Å². The van der Waals surface area contributed by atoms with Gasteiger partial charge in [-0.3, -0.25) is 14.4 Å². The van der Waals surface area contributed by atoms with Crippen LogP contribution in [-0.2, 0) is 28.6 Å². The molecule has 0 bridgehead atoms. The Bertz CT molecular complexity index is 874. The van der Waals surface area contributed by atoms with Gasteiger partial charge >= 0.3 is 17.9 Å². The maximum absolute atomic E-state index is 12.7. The van der Waals surface area contributed by atoms with E-state index in [-0.39, 0.29) is 31.1 Å². The number of carbonyl (C=O) groups excluding carboxylic acids is 3. The minimum Gasteiger partial charge on any atom is -0.462 e. The van der Waals surface area contributed by atoms with Gasteiger partial charge in [0.25, 0.3) is 0 Å². The molecule has 344 valence electrons. The van der Waals surface area contributed by atoms with Gasteiger partial charge in [-0.25, -0.2) is 0 Å². The lowest BCUT2D eigenvalue weighted by Crippen LogP contribution is -2.30. The number of ether oxygens (including phenoxy) is 3. The first-order valence-electron chi connectivity index (χ1n) is 25.9. The maximum Gasteiger partial charge on any atom is 0.306 e. The molecule has 0 N–H and O–H groups in total. The van der Waals surface area contributed by atoms with E-state index in [0.29, 0.717) is 19.3 Å². The van der Waals surface area contributed by atoms with Crippen LogP contribution in [0.1, 0.15) is 291 Å². The van der Waals surface area contributed by atoms with Gasteiger partial charge in [-0.05, 0) is 25.2 Å². The first kappa shape index (κ1) is 56.4. The molecule has 0 radical (unpaired) electrons. The fourth-order valence-corrected chi connectivity index (χ4v) is 7.83. The summed E-state index contributed by atoms with van der Waals surface area (Å²) in [4.78, 5) is 37.9.